The average molecular weight is 321 g/mol. The van der Waals surface area contributed by atoms with E-state index in [1.54, 1.807) is 0 Å². The van der Waals surface area contributed by atoms with Crippen molar-refractivity contribution in [3.8, 4) is 0 Å². The smallest absolute Gasteiger partial charge is 0.263 e. The lowest BCUT2D eigenvalue weighted by molar-refractivity contribution is 0.570. The van der Waals surface area contributed by atoms with Crippen LogP contribution in [0.4, 0.5) is 10.2 Å². The number of nitrogens with one attached hydrogen (secondary N) is 1. The fraction of sp³-hybridized carbons (Fsp3) is 0. The summed E-state index contributed by atoms with van der Waals surface area (Å²) in [6.45, 7) is 0. The molecule has 0 aliphatic rings. The molecule has 100 valence electrons. The summed E-state index contributed by atoms with van der Waals surface area (Å²) in [5.41, 5.74) is 0. The van der Waals surface area contributed by atoms with E-state index in [1.807, 2.05) is 0 Å². The molecule has 2 aromatic rings. The molecule has 1 N–H and O–H groups in total. The van der Waals surface area contributed by atoms with Crippen LogP contribution in [-0.4, -0.2) is 13.4 Å². The van der Waals surface area contributed by atoms with Crippen LogP contribution in [0.2, 0.25) is 10.0 Å². The number of halogens is 3. The van der Waals surface area contributed by atoms with Crippen molar-refractivity contribution in [3.05, 3.63) is 52.4 Å². The maximum atomic E-state index is 13.6. The van der Waals surface area contributed by atoms with Crippen molar-refractivity contribution in [2.24, 2.45) is 0 Å². The topological polar surface area (TPSA) is 59.1 Å². The van der Waals surface area contributed by atoms with Crippen molar-refractivity contribution in [2.75, 3.05) is 4.72 Å². The Kier molecular flexibility index (Phi) is 3.93. The van der Waals surface area contributed by atoms with E-state index < -0.39 is 20.7 Å². The van der Waals surface area contributed by atoms with Crippen molar-refractivity contribution in [1.82, 2.24) is 4.98 Å². The van der Waals surface area contributed by atoms with E-state index in [1.165, 1.54) is 30.5 Å². The normalized spacial score (nSPS) is 11.3. The van der Waals surface area contributed by atoms with Gasteiger partial charge in [-0.3, -0.25) is 4.72 Å². The molecule has 1 heterocycles. The number of rotatable bonds is 3. The van der Waals surface area contributed by atoms with Crippen LogP contribution in [0.3, 0.4) is 0 Å². The SMILES string of the molecule is O=S(=O)(Nc1ccc(Cl)cn1)c1c(F)cccc1Cl. The third-order valence-electron chi connectivity index (χ3n) is 2.15. The van der Waals surface area contributed by atoms with Crippen LogP contribution in [0.15, 0.2) is 41.4 Å². The molecular formula is C11H7Cl2FN2O2S. The van der Waals surface area contributed by atoms with Crippen molar-refractivity contribution in [3.63, 3.8) is 0 Å². The number of nitrogens with zero attached hydrogens (tertiary/aromatic N) is 1. The maximum Gasteiger partial charge on any atom is 0.267 e. The van der Waals surface area contributed by atoms with E-state index in [0.717, 1.165) is 6.07 Å². The number of hydrogen-bond donors (Lipinski definition) is 1. The second-order valence-corrected chi connectivity index (χ2v) is 5.98. The van der Waals surface area contributed by atoms with Crippen molar-refractivity contribution < 1.29 is 12.8 Å². The fourth-order valence-electron chi connectivity index (χ4n) is 1.36. The van der Waals surface area contributed by atoms with Crippen molar-refractivity contribution in [2.45, 2.75) is 4.90 Å². The first-order valence-corrected chi connectivity index (χ1v) is 7.22. The Morgan fingerprint density at radius 1 is 1.16 bits per heavy atom. The lowest BCUT2D eigenvalue weighted by Crippen LogP contribution is -2.15. The van der Waals surface area contributed by atoms with Gasteiger partial charge in [-0.05, 0) is 24.3 Å². The zero-order valence-corrected chi connectivity index (χ0v) is 11.6. The predicted molar refractivity (Wildman–Crippen MR) is 71.5 cm³/mol. The van der Waals surface area contributed by atoms with Gasteiger partial charge in [0.25, 0.3) is 10.0 Å². The summed E-state index contributed by atoms with van der Waals surface area (Å²) in [7, 11) is -4.15. The molecule has 19 heavy (non-hydrogen) atoms. The first kappa shape index (κ1) is 14.0. The summed E-state index contributed by atoms with van der Waals surface area (Å²) in [5, 5.41) is 0.147. The first-order chi connectivity index (χ1) is 8.90. The Morgan fingerprint density at radius 2 is 1.89 bits per heavy atom. The summed E-state index contributed by atoms with van der Waals surface area (Å²) in [6.07, 6.45) is 1.27. The molecular weight excluding hydrogens is 314 g/mol. The Morgan fingerprint density at radius 3 is 2.47 bits per heavy atom. The van der Waals surface area contributed by atoms with Crippen LogP contribution in [0.5, 0.6) is 0 Å². The minimum absolute atomic E-state index is 0.0173. The van der Waals surface area contributed by atoms with Crippen LogP contribution >= 0.6 is 23.2 Å². The molecule has 0 aliphatic heterocycles. The van der Waals surface area contributed by atoms with Crippen LogP contribution in [-0.2, 0) is 10.0 Å². The molecule has 1 aromatic heterocycles. The van der Waals surface area contributed by atoms with Gasteiger partial charge >= 0.3 is 0 Å². The second-order valence-electron chi connectivity index (χ2n) is 3.52. The van der Waals surface area contributed by atoms with E-state index in [2.05, 4.69) is 9.71 Å². The van der Waals surface area contributed by atoms with Gasteiger partial charge in [0.15, 0.2) is 0 Å². The highest BCUT2D eigenvalue weighted by atomic mass is 35.5. The molecule has 0 saturated heterocycles. The van der Waals surface area contributed by atoms with Gasteiger partial charge in [0.05, 0.1) is 10.0 Å². The molecule has 0 saturated carbocycles. The lowest BCUT2D eigenvalue weighted by Gasteiger charge is -2.09. The maximum absolute atomic E-state index is 13.6. The average Bonchev–Trinajstić information content (AvgIpc) is 2.31. The molecule has 0 fully saturated rings. The summed E-state index contributed by atoms with van der Waals surface area (Å²) in [5.74, 6) is -0.919. The van der Waals surface area contributed by atoms with Crippen molar-refractivity contribution >= 4 is 39.0 Å². The van der Waals surface area contributed by atoms with Gasteiger partial charge < -0.3 is 0 Å². The van der Waals surface area contributed by atoms with E-state index in [4.69, 9.17) is 23.2 Å². The number of sulfonamides is 1. The van der Waals surface area contributed by atoms with Gasteiger partial charge in [-0.25, -0.2) is 17.8 Å². The minimum atomic E-state index is -4.15. The molecule has 0 atom stereocenters. The monoisotopic (exact) mass is 320 g/mol. The summed E-state index contributed by atoms with van der Waals surface area (Å²) in [6, 6.07) is 6.42. The van der Waals surface area contributed by atoms with Crippen LogP contribution in [0.1, 0.15) is 0 Å². The summed E-state index contributed by atoms with van der Waals surface area (Å²) in [4.78, 5) is 3.14. The van der Waals surface area contributed by atoms with Gasteiger partial charge in [-0.2, -0.15) is 0 Å². The van der Waals surface area contributed by atoms with E-state index in [-0.39, 0.29) is 10.8 Å². The molecule has 2 rings (SSSR count). The number of hydrogen-bond acceptors (Lipinski definition) is 3. The predicted octanol–water partition coefficient (Wildman–Crippen LogP) is 3.33. The van der Waals surface area contributed by atoms with Gasteiger partial charge in [0.2, 0.25) is 0 Å². The summed E-state index contributed by atoms with van der Waals surface area (Å²) < 4.78 is 39.7. The molecule has 1 aromatic carbocycles. The third-order valence-corrected chi connectivity index (χ3v) is 4.23. The molecule has 8 heteroatoms. The standard InChI is InChI=1S/C11H7Cl2FN2O2S/c12-7-4-5-10(15-6-7)16-19(17,18)11-8(13)2-1-3-9(11)14/h1-6H,(H,15,16). The Labute approximate surface area is 119 Å². The summed E-state index contributed by atoms with van der Waals surface area (Å²) >= 11 is 11.3. The lowest BCUT2D eigenvalue weighted by atomic mass is 10.3. The molecule has 0 radical (unpaired) electrons. The van der Waals surface area contributed by atoms with Gasteiger partial charge in [-0.1, -0.05) is 29.3 Å². The van der Waals surface area contributed by atoms with E-state index in [9.17, 15) is 12.8 Å². The number of benzene rings is 1. The minimum Gasteiger partial charge on any atom is -0.263 e. The van der Waals surface area contributed by atoms with E-state index >= 15 is 0 Å². The van der Waals surface area contributed by atoms with Crippen LogP contribution in [0.25, 0.3) is 0 Å². The molecule has 0 amide bonds. The van der Waals surface area contributed by atoms with Gasteiger partial charge in [-0.15, -0.1) is 0 Å². The quantitative estimate of drug-likeness (QED) is 0.943. The van der Waals surface area contributed by atoms with E-state index in [0.29, 0.717) is 5.02 Å². The molecule has 0 bridgehead atoms. The van der Waals surface area contributed by atoms with Crippen LogP contribution < -0.4 is 4.72 Å². The largest absolute Gasteiger partial charge is 0.267 e. The second kappa shape index (κ2) is 5.32. The Hall–Kier alpha value is -1.37. The third kappa shape index (κ3) is 3.15. The zero-order chi connectivity index (χ0) is 14.0. The Balaban J connectivity index is 2.41. The van der Waals surface area contributed by atoms with Crippen molar-refractivity contribution in [1.29, 1.82) is 0 Å². The number of aromatic nitrogens is 1. The highest BCUT2D eigenvalue weighted by molar-refractivity contribution is 7.92. The molecule has 0 spiro atoms. The zero-order valence-electron chi connectivity index (χ0n) is 9.27. The molecule has 4 nitrogen and oxygen atoms in total. The van der Waals surface area contributed by atoms with Gasteiger partial charge in [0.1, 0.15) is 16.5 Å². The highest BCUT2D eigenvalue weighted by Crippen LogP contribution is 2.26. The molecule has 0 aliphatic carbocycles. The Bertz CT molecular complexity index is 685. The highest BCUT2D eigenvalue weighted by Gasteiger charge is 2.23. The molecule has 0 unspecified atom stereocenters. The fourth-order valence-corrected chi connectivity index (χ4v) is 3.09. The number of pyridine rings is 1. The van der Waals surface area contributed by atoms with Crippen LogP contribution in [0, 0.1) is 5.82 Å². The number of anilines is 1. The van der Waals surface area contributed by atoms with Gasteiger partial charge in [0, 0.05) is 6.20 Å². The first-order valence-electron chi connectivity index (χ1n) is 4.98.